The molecule has 2 aromatic rings. The number of nitrogens with zero attached hydrogens (tertiary/aromatic N) is 3. The molecule has 0 atom stereocenters. The Labute approximate surface area is 192 Å². The summed E-state index contributed by atoms with van der Waals surface area (Å²) in [7, 11) is 4.16. The predicted octanol–water partition coefficient (Wildman–Crippen LogP) is 3.69. The number of hydrogen-bond donors (Lipinski definition) is 1. The Bertz CT molecular complexity index is 821. The van der Waals surface area contributed by atoms with E-state index in [0.29, 0.717) is 6.54 Å². The lowest BCUT2D eigenvalue weighted by Gasteiger charge is -2.20. The first kappa shape index (κ1) is 25.1. The third-order valence-corrected chi connectivity index (χ3v) is 5.37. The Morgan fingerprint density at radius 1 is 0.688 bits per heavy atom. The maximum absolute atomic E-state index is 11.3. The van der Waals surface area contributed by atoms with E-state index in [0.717, 1.165) is 38.9 Å². The highest BCUT2D eigenvalue weighted by atomic mass is 16.2. The minimum absolute atomic E-state index is 0.193. The minimum atomic E-state index is -0.193. The molecule has 1 heterocycles. The van der Waals surface area contributed by atoms with Gasteiger partial charge in [0, 0.05) is 57.3 Å². The van der Waals surface area contributed by atoms with Crippen LogP contribution < -0.4 is 15.5 Å². The first-order valence-electron chi connectivity index (χ1n) is 11.3. The van der Waals surface area contributed by atoms with E-state index in [1.54, 1.807) is 0 Å². The molecule has 0 aliphatic carbocycles. The number of benzene rings is 2. The van der Waals surface area contributed by atoms with Gasteiger partial charge in [0.2, 0.25) is 0 Å². The van der Waals surface area contributed by atoms with Crippen molar-refractivity contribution in [2.75, 3.05) is 50.1 Å². The molecule has 0 saturated heterocycles. The van der Waals surface area contributed by atoms with Gasteiger partial charge in [0.1, 0.15) is 0 Å². The molecule has 0 fully saturated rings. The molecule has 1 aliphatic heterocycles. The van der Waals surface area contributed by atoms with Gasteiger partial charge in [-0.05, 0) is 56.5 Å². The van der Waals surface area contributed by atoms with Crippen molar-refractivity contribution >= 4 is 23.2 Å². The summed E-state index contributed by atoms with van der Waals surface area (Å²) in [6, 6.07) is 20.6. The average molecular weight is 437 g/mol. The van der Waals surface area contributed by atoms with E-state index in [9.17, 15) is 9.59 Å². The molecule has 6 heteroatoms. The number of carbonyl (C=O) groups is 2. The second-order valence-electron chi connectivity index (χ2n) is 7.88. The first-order chi connectivity index (χ1) is 15.5. The highest BCUT2D eigenvalue weighted by Gasteiger charge is 2.22. The molecule has 2 amide bonds. The quantitative estimate of drug-likeness (QED) is 0.430. The van der Waals surface area contributed by atoms with Gasteiger partial charge >= 0.3 is 0 Å². The maximum Gasteiger partial charge on any atom is 0.253 e. The van der Waals surface area contributed by atoms with Crippen LogP contribution >= 0.6 is 0 Å². The molecule has 0 spiro atoms. The van der Waals surface area contributed by atoms with Crippen molar-refractivity contribution in [1.82, 2.24) is 4.90 Å². The highest BCUT2D eigenvalue weighted by Crippen LogP contribution is 2.13. The molecule has 172 valence electrons. The number of imide groups is 1. The van der Waals surface area contributed by atoms with Crippen LogP contribution in [-0.4, -0.2) is 57.0 Å². The number of anilines is 2. The zero-order valence-corrected chi connectivity index (χ0v) is 19.3. The number of rotatable bonds is 11. The molecular weight excluding hydrogens is 400 g/mol. The van der Waals surface area contributed by atoms with E-state index in [2.05, 4.69) is 53.2 Å². The monoisotopic (exact) mass is 436 g/mol. The number of hydrogen-bond acceptors (Lipinski definition) is 5. The first-order valence-corrected chi connectivity index (χ1v) is 11.3. The molecule has 2 aromatic carbocycles. The number of carbonyl (C=O) groups excluding carboxylic acids is 2. The third-order valence-electron chi connectivity index (χ3n) is 5.37. The van der Waals surface area contributed by atoms with Crippen molar-refractivity contribution in [1.29, 1.82) is 0 Å². The molecule has 3 rings (SSSR count). The van der Waals surface area contributed by atoms with E-state index in [-0.39, 0.29) is 11.8 Å². The van der Waals surface area contributed by atoms with Crippen LogP contribution in [0.2, 0.25) is 0 Å². The van der Waals surface area contributed by atoms with Crippen molar-refractivity contribution in [2.24, 2.45) is 5.73 Å². The summed E-state index contributed by atoms with van der Waals surface area (Å²) in [5.74, 6) is -0.386. The van der Waals surface area contributed by atoms with Crippen molar-refractivity contribution in [3.8, 4) is 0 Å². The van der Waals surface area contributed by atoms with Gasteiger partial charge in [0.05, 0.1) is 0 Å². The van der Waals surface area contributed by atoms with Crippen LogP contribution in [0.4, 0.5) is 11.4 Å². The van der Waals surface area contributed by atoms with Crippen molar-refractivity contribution in [3.63, 3.8) is 0 Å². The Balaban J connectivity index is 0.000000244. The van der Waals surface area contributed by atoms with Crippen molar-refractivity contribution < 1.29 is 9.59 Å². The molecular formula is C26H36N4O2. The molecule has 0 bridgehead atoms. The van der Waals surface area contributed by atoms with E-state index >= 15 is 0 Å². The molecule has 6 nitrogen and oxygen atoms in total. The van der Waals surface area contributed by atoms with Gasteiger partial charge in [-0.25, -0.2) is 0 Å². The van der Waals surface area contributed by atoms with Gasteiger partial charge in [0.15, 0.2) is 0 Å². The largest absolute Gasteiger partial charge is 0.375 e. The third kappa shape index (κ3) is 8.55. The lowest BCUT2D eigenvalue weighted by molar-refractivity contribution is -0.136. The SMILES string of the molecule is CN(CCCCN)c1ccccc1.CN(CCCCN1C(=O)C=CC1=O)c1ccccc1. The van der Waals surface area contributed by atoms with Crippen molar-refractivity contribution in [3.05, 3.63) is 72.8 Å². The Hall–Kier alpha value is -3.12. The number of nitrogens with two attached hydrogens (primary N) is 1. The lowest BCUT2D eigenvalue weighted by atomic mass is 10.2. The Morgan fingerprint density at radius 3 is 1.56 bits per heavy atom. The molecule has 0 saturated carbocycles. The van der Waals surface area contributed by atoms with Gasteiger partial charge in [-0.15, -0.1) is 0 Å². The molecule has 1 aliphatic rings. The summed E-state index contributed by atoms with van der Waals surface area (Å²) in [4.78, 5) is 28.4. The van der Waals surface area contributed by atoms with Crippen LogP contribution in [0, 0.1) is 0 Å². The minimum Gasteiger partial charge on any atom is -0.375 e. The van der Waals surface area contributed by atoms with Gasteiger partial charge in [-0.3, -0.25) is 14.5 Å². The number of para-hydroxylation sites is 2. The molecule has 0 aromatic heterocycles. The van der Waals surface area contributed by atoms with Gasteiger partial charge in [-0.2, -0.15) is 0 Å². The smallest absolute Gasteiger partial charge is 0.253 e. The van der Waals surface area contributed by atoms with E-state index in [1.807, 2.05) is 31.3 Å². The summed E-state index contributed by atoms with van der Waals surface area (Å²) in [5.41, 5.74) is 7.89. The van der Waals surface area contributed by atoms with E-state index in [4.69, 9.17) is 5.73 Å². The molecule has 2 N–H and O–H groups in total. The van der Waals surface area contributed by atoms with Crippen LogP contribution in [0.3, 0.4) is 0 Å². The van der Waals surface area contributed by atoms with Crippen LogP contribution in [-0.2, 0) is 9.59 Å². The zero-order valence-electron chi connectivity index (χ0n) is 19.3. The van der Waals surface area contributed by atoms with Crippen LogP contribution in [0.15, 0.2) is 72.8 Å². The predicted molar refractivity (Wildman–Crippen MR) is 133 cm³/mol. The topological polar surface area (TPSA) is 69.9 Å². The fourth-order valence-corrected chi connectivity index (χ4v) is 3.39. The summed E-state index contributed by atoms with van der Waals surface area (Å²) >= 11 is 0. The summed E-state index contributed by atoms with van der Waals surface area (Å²) < 4.78 is 0. The normalized spacial score (nSPS) is 12.5. The van der Waals surface area contributed by atoms with E-state index in [1.165, 1.54) is 34.8 Å². The van der Waals surface area contributed by atoms with Gasteiger partial charge in [-0.1, -0.05) is 36.4 Å². The standard InChI is InChI=1S/C15H18N2O2.C11H18N2/c1-16(13-7-3-2-4-8-13)11-5-6-12-17-14(18)9-10-15(17)19;1-13(10-6-5-9-12)11-7-3-2-4-8-11/h2-4,7-10H,5-6,11-12H2,1H3;2-4,7-8H,5-6,9-10,12H2,1H3. The second kappa shape index (κ2) is 14.0. The summed E-state index contributed by atoms with van der Waals surface area (Å²) in [6.45, 7) is 3.30. The van der Waals surface area contributed by atoms with E-state index < -0.39 is 0 Å². The number of unbranched alkanes of at least 4 members (excludes halogenated alkanes) is 2. The fraction of sp³-hybridized carbons (Fsp3) is 0.385. The van der Waals surface area contributed by atoms with Crippen molar-refractivity contribution in [2.45, 2.75) is 25.7 Å². The van der Waals surface area contributed by atoms with Crippen LogP contribution in [0.25, 0.3) is 0 Å². The lowest BCUT2D eigenvalue weighted by Crippen LogP contribution is -2.31. The van der Waals surface area contributed by atoms with Crippen LogP contribution in [0.5, 0.6) is 0 Å². The molecule has 0 radical (unpaired) electrons. The highest BCUT2D eigenvalue weighted by molar-refractivity contribution is 6.12. The molecule has 0 unspecified atom stereocenters. The zero-order chi connectivity index (χ0) is 23.2. The Morgan fingerprint density at radius 2 is 1.12 bits per heavy atom. The van der Waals surface area contributed by atoms with Gasteiger partial charge in [0.25, 0.3) is 11.8 Å². The molecule has 32 heavy (non-hydrogen) atoms. The Kier molecular flexibility index (Phi) is 11.0. The fourth-order valence-electron chi connectivity index (χ4n) is 3.39. The summed E-state index contributed by atoms with van der Waals surface area (Å²) in [5, 5.41) is 0. The maximum atomic E-state index is 11.3. The van der Waals surface area contributed by atoms with Gasteiger partial charge < -0.3 is 15.5 Å². The number of amides is 2. The van der Waals surface area contributed by atoms with Crippen LogP contribution in [0.1, 0.15) is 25.7 Å². The average Bonchev–Trinajstić information content (AvgIpc) is 3.15. The summed E-state index contributed by atoms with van der Waals surface area (Å²) in [6.07, 6.45) is 6.72. The second-order valence-corrected chi connectivity index (χ2v) is 7.88.